The van der Waals surface area contributed by atoms with Crippen molar-refractivity contribution in [1.82, 2.24) is 0 Å². The second kappa shape index (κ2) is 50.9. The first-order valence-electron chi connectivity index (χ1n) is 29.7. The molecule has 406 valence electrons. The number of unbranched alkanes of at least 4 members (excludes halogenated alkanes) is 42. The van der Waals surface area contributed by atoms with E-state index in [1.54, 1.807) is 0 Å². The maximum absolute atomic E-state index is 12.7. The molecular weight excluding hydrogens is 870 g/mol. The Morgan fingerprint density at radius 1 is 0.397 bits per heavy atom. The second-order valence-corrected chi connectivity index (χ2v) is 23.1. The van der Waals surface area contributed by atoms with Crippen LogP contribution < -0.4 is 4.89 Å². The largest absolute Gasteiger partial charge is 0.756 e. The highest BCUT2D eigenvalue weighted by Gasteiger charge is 2.22. The molecule has 0 aromatic carbocycles. The van der Waals surface area contributed by atoms with Gasteiger partial charge in [-0.15, -0.1) is 0 Å². The molecule has 0 amide bonds. The number of carbonyl (C=O) groups is 2. The van der Waals surface area contributed by atoms with Crippen molar-refractivity contribution in [1.29, 1.82) is 0 Å². The molecule has 0 aromatic rings. The fourth-order valence-corrected chi connectivity index (χ4v) is 9.74. The van der Waals surface area contributed by atoms with Gasteiger partial charge in [0, 0.05) is 12.8 Å². The number of rotatable bonds is 56. The molecule has 0 heterocycles. The van der Waals surface area contributed by atoms with E-state index in [2.05, 4.69) is 13.8 Å². The van der Waals surface area contributed by atoms with Crippen molar-refractivity contribution in [3.8, 4) is 0 Å². The van der Waals surface area contributed by atoms with E-state index in [-0.39, 0.29) is 32.0 Å². The molecule has 9 nitrogen and oxygen atoms in total. The van der Waals surface area contributed by atoms with Gasteiger partial charge in [0.25, 0.3) is 7.82 Å². The molecule has 0 N–H and O–H groups in total. The van der Waals surface area contributed by atoms with E-state index < -0.39 is 26.5 Å². The molecule has 2 atom stereocenters. The summed E-state index contributed by atoms with van der Waals surface area (Å²) in [5, 5.41) is 0. The standard InChI is InChI=1S/C58H116NO8P/c1-6-8-10-12-14-16-17-18-19-20-21-22-23-24-25-26-27-28-29-30-31-32-33-34-35-36-37-38-39-40-41-43-45-47-49-51-58(61)67-56(55-66-68(62,63)65-53-52-59(3,4)5)54-64-57(60)50-48-46-44-42-15-13-11-9-7-2/h56H,6-55H2,1-5H3. The zero-order valence-corrected chi connectivity index (χ0v) is 47.0. The predicted molar refractivity (Wildman–Crippen MR) is 287 cm³/mol. The van der Waals surface area contributed by atoms with E-state index in [4.69, 9.17) is 18.5 Å². The summed E-state index contributed by atoms with van der Waals surface area (Å²) in [5.41, 5.74) is 0. The van der Waals surface area contributed by atoms with Crippen LogP contribution in [0.3, 0.4) is 0 Å². The van der Waals surface area contributed by atoms with Gasteiger partial charge >= 0.3 is 11.9 Å². The Morgan fingerprint density at radius 2 is 0.662 bits per heavy atom. The minimum Gasteiger partial charge on any atom is -0.756 e. The normalized spacial score (nSPS) is 13.2. The van der Waals surface area contributed by atoms with Gasteiger partial charge in [0.1, 0.15) is 19.8 Å². The Kier molecular flexibility index (Phi) is 50.2. The Bertz CT molecular complexity index is 1120. The quantitative estimate of drug-likeness (QED) is 0.0256. The lowest BCUT2D eigenvalue weighted by atomic mass is 10.0. The molecule has 0 radical (unpaired) electrons. The first kappa shape index (κ1) is 67.0. The number of esters is 2. The van der Waals surface area contributed by atoms with Crippen molar-refractivity contribution < 1.29 is 42.1 Å². The maximum Gasteiger partial charge on any atom is 0.306 e. The molecule has 68 heavy (non-hydrogen) atoms. The summed E-state index contributed by atoms with van der Waals surface area (Å²) in [7, 11) is 1.19. The molecule has 10 heteroatoms. The van der Waals surface area contributed by atoms with Crippen LogP contribution in [0.2, 0.25) is 0 Å². The van der Waals surface area contributed by atoms with Crippen LogP contribution in [0.4, 0.5) is 0 Å². The van der Waals surface area contributed by atoms with Crippen molar-refractivity contribution in [2.24, 2.45) is 0 Å². The molecule has 0 bridgehead atoms. The van der Waals surface area contributed by atoms with E-state index >= 15 is 0 Å². The van der Waals surface area contributed by atoms with Crippen molar-refractivity contribution in [3.63, 3.8) is 0 Å². The lowest BCUT2D eigenvalue weighted by Crippen LogP contribution is -2.37. The Balaban J connectivity index is 3.82. The van der Waals surface area contributed by atoms with Crippen molar-refractivity contribution in [2.75, 3.05) is 47.5 Å². The van der Waals surface area contributed by atoms with Gasteiger partial charge in [-0.3, -0.25) is 14.2 Å². The van der Waals surface area contributed by atoms with Crippen LogP contribution >= 0.6 is 7.82 Å². The molecule has 0 rings (SSSR count). The predicted octanol–water partition coefficient (Wildman–Crippen LogP) is 17.6. The molecule has 2 unspecified atom stereocenters. The van der Waals surface area contributed by atoms with E-state index in [1.807, 2.05) is 21.1 Å². The fraction of sp³-hybridized carbons (Fsp3) is 0.966. The van der Waals surface area contributed by atoms with Gasteiger partial charge < -0.3 is 27.9 Å². The Labute approximate surface area is 423 Å². The van der Waals surface area contributed by atoms with Crippen LogP contribution in [0, 0.1) is 0 Å². The van der Waals surface area contributed by atoms with Gasteiger partial charge in [-0.2, -0.15) is 0 Å². The number of likely N-dealkylation sites (N-methyl/N-ethyl adjacent to an activating group) is 1. The van der Waals surface area contributed by atoms with E-state index in [1.165, 1.54) is 244 Å². The smallest absolute Gasteiger partial charge is 0.306 e. The number of phosphoric acid groups is 1. The summed E-state index contributed by atoms with van der Waals surface area (Å²) in [4.78, 5) is 37.6. The van der Waals surface area contributed by atoms with E-state index in [9.17, 15) is 19.0 Å². The van der Waals surface area contributed by atoms with Crippen LogP contribution in [0.25, 0.3) is 0 Å². The highest BCUT2D eigenvalue weighted by molar-refractivity contribution is 7.45. The lowest BCUT2D eigenvalue weighted by molar-refractivity contribution is -0.870. The molecular formula is C58H116NO8P. The van der Waals surface area contributed by atoms with Crippen LogP contribution in [-0.2, 0) is 32.7 Å². The summed E-state index contributed by atoms with van der Waals surface area (Å²) in [6.07, 6.45) is 57.7. The van der Waals surface area contributed by atoms with Gasteiger partial charge in [0.15, 0.2) is 6.10 Å². The van der Waals surface area contributed by atoms with Crippen LogP contribution in [0.15, 0.2) is 0 Å². The Morgan fingerprint density at radius 3 is 0.941 bits per heavy atom. The molecule has 0 spiro atoms. The summed E-state index contributed by atoms with van der Waals surface area (Å²) in [6, 6.07) is 0. The summed E-state index contributed by atoms with van der Waals surface area (Å²) in [6.45, 7) is 4.26. The van der Waals surface area contributed by atoms with Gasteiger partial charge in [-0.05, 0) is 12.8 Å². The average molecular weight is 987 g/mol. The van der Waals surface area contributed by atoms with Crippen LogP contribution in [0.5, 0.6) is 0 Å². The van der Waals surface area contributed by atoms with Crippen molar-refractivity contribution in [3.05, 3.63) is 0 Å². The molecule has 0 saturated heterocycles. The number of nitrogens with zero attached hydrogens (tertiary/aromatic N) is 1. The highest BCUT2D eigenvalue weighted by Crippen LogP contribution is 2.38. The fourth-order valence-electron chi connectivity index (χ4n) is 9.01. The Hall–Kier alpha value is -0.990. The van der Waals surface area contributed by atoms with Crippen molar-refractivity contribution in [2.45, 2.75) is 315 Å². The summed E-state index contributed by atoms with van der Waals surface area (Å²) < 4.78 is 34.0. The monoisotopic (exact) mass is 986 g/mol. The molecule has 0 aliphatic rings. The van der Waals surface area contributed by atoms with Gasteiger partial charge in [-0.1, -0.05) is 284 Å². The third-order valence-electron chi connectivity index (χ3n) is 13.6. The summed E-state index contributed by atoms with van der Waals surface area (Å²) in [5.74, 6) is -0.818. The number of ether oxygens (including phenoxy) is 2. The van der Waals surface area contributed by atoms with Gasteiger partial charge in [0.05, 0.1) is 27.7 Å². The first-order chi connectivity index (χ1) is 33.0. The number of hydrogen-bond acceptors (Lipinski definition) is 8. The average Bonchev–Trinajstić information content (AvgIpc) is 3.30. The highest BCUT2D eigenvalue weighted by atomic mass is 31.2. The minimum atomic E-state index is -4.62. The van der Waals surface area contributed by atoms with Crippen LogP contribution in [-0.4, -0.2) is 70.0 Å². The summed E-state index contributed by atoms with van der Waals surface area (Å²) >= 11 is 0. The topological polar surface area (TPSA) is 111 Å². The lowest BCUT2D eigenvalue weighted by Gasteiger charge is -2.28. The first-order valence-corrected chi connectivity index (χ1v) is 31.2. The third kappa shape index (κ3) is 54.3. The van der Waals surface area contributed by atoms with Crippen molar-refractivity contribution >= 4 is 19.8 Å². The molecule has 0 saturated carbocycles. The molecule has 0 aliphatic carbocycles. The molecule has 0 aliphatic heterocycles. The maximum atomic E-state index is 12.7. The number of phosphoric ester groups is 1. The number of hydrogen-bond donors (Lipinski definition) is 0. The number of quaternary nitrogens is 1. The zero-order valence-electron chi connectivity index (χ0n) is 46.1. The zero-order chi connectivity index (χ0) is 49.9. The van der Waals surface area contributed by atoms with E-state index in [0.717, 1.165) is 32.1 Å². The molecule has 0 fully saturated rings. The third-order valence-corrected chi connectivity index (χ3v) is 14.6. The minimum absolute atomic E-state index is 0.0256. The molecule has 0 aromatic heterocycles. The SMILES string of the molecule is CCCCCCCCCCCCCCCCCCCCCCCCCCCCCCCCCCCCCC(=O)OC(COC(=O)CCCCCCCCCCC)COP(=O)([O-])OCC[N+](C)(C)C. The van der Waals surface area contributed by atoms with Crippen LogP contribution in [0.1, 0.15) is 309 Å². The van der Waals surface area contributed by atoms with E-state index in [0.29, 0.717) is 17.4 Å². The van der Waals surface area contributed by atoms with Gasteiger partial charge in [0.2, 0.25) is 0 Å². The van der Waals surface area contributed by atoms with Gasteiger partial charge in [-0.25, -0.2) is 0 Å². The second-order valence-electron chi connectivity index (χ2n) is 21.7. The number of carbonyl (C=O) groups excluding carboxylic acids is 2.